The Labute approximate surface area is 255 Å². The molecule has 2 atom stereocenters. The molecule has 0 radical (unpaired) electrons. The Bertz CT molecular complexity index is 1920. The van der Waals surface area contributed by atoms with Crippen LogP contribution in [0.2, 0.25) is 0 Å². The van der Waals surface area contributed by atoms with E-state index in [-0.39, 0.29) is 41.5 Å². The van der Waals surface area contributed by atoms with Crippen molar-refractivity contribution >= 4 is 39.5 Å². The molecule has 10 nitrogen and oxygen atoms in total. The minimum atomic E-state index is -4.87. The van der Waals surface area contributed by atoms with Crippen molar-refractivity contribution in [1.82, 2.24) is 15.0 Å². The summed E-state index contributed by atoms with van der Waals surface area (Å²) >= 11 is 0. The predicted molar refractivity (Wildman–Crippen MR) is 158 cm³/mol. The molecule has 1 aliphatic carbocycles. The Morgan fingerprint density at radius 1 is 1.22 bits per heavy atom. The number of pyridine rings is 1. The second-order valence-electron chi connectivity index (χ2n) is 11.4. The minimum Gasteiger partial charge on any atom is -0.480 e. The predicted octanol–water partition coefficient (Wildman–Crippen LogP) is 5.55. The van der Waals surface area contributed by atoms with Crippen LogP contribution in [0, 0.1) is 11.8 Å². The van der Waals surface area contributed by atoms with Gasteiger partial charge in [-0.1, -0.05) is 18.1 Å². The third-order valence-electron chi connectivity index (χ3n) is 8.66. The number of aromatic nitrogens is 3. The summed E-state index contributed by atoms with van der Waals surface area (Å²) in [6, 6.07) is 7.30. The number of para-hydroxylation sites is 1. The van der Waals surface area contributed by atoms with Gasteiger partial charge in [-0.3, -0.25) is 0 Å². The third-order valence-corrected chi connectivity index (χ3v) is 8.66. The molecular formula is C32H28F3N5O5. The molecule has 1 N–H and O–H groups in total. The lowest BCUT2D eigenvalue weighted by Crippen LogP contribution is -2.51. The van der Waals surface area contributed by atoms with Crippen LogP contribution in [-0.2, 0) is 15.7 Å². The molecule has 0 amide bonds. The number of rotatable bonds is 5. The first kappa shape index (κ1) is 28.9. The topological polar surface area (TPSA) is 114 Å². The first-order chi connectivity index (χ1) is 21.6. The summed E-state index contributed by atoms with van der Waals surface area (Å²) < 4.78 is 59.9. The molecule has 3 fully saturated rings. The fourth-order valence-corrected chi connectivity index (χ4v) is 6.23. The monoisotopic (exact) mass is 619 g/mol. The summed E-state index contributed by atoms with van der Waals surface area (Å²) in [4.78, 5) is 28.0. The lowest BCUT2D eigenvalue weighted by Gasteiger charge is -2.41. The zero-order chi connectivity index (χ0) is 31.5. The molecule has 3 aromatic heterocycles. The van der Waals surface area contributed by atoms with Gasteiger partial charge in [0.05, 0.1) is 24.5 Å². The molecule has 1 aromatic carbocycles. The molecule has 2 aliphatic heterocycles. The van der Waals surface area contributed by atoms with Crippen LogP contribution < -0.4 is 14.5 Å². The highest BCUT2D eigenvalue weighted by atomic mass is 19.4. The van der Waals surface area contributed by atoms with Gasteiger partial charge >= 0.3 is 12.1 Å². The van der Waals surface area contributed by atoms with E-state index in [4.69, 9.17) is 13.9 Å². The van der Waals surface area contributed by atoms with Gasteiger partial charge in [0.1, 0.15) is 22.8 Å². The van der Waals surface area contributed by atoms with E-state index in [2.05, 4.69) is 38.6 Å². The molecule has 0 bridgehead atoms. The second-order valence-corrected chi connectivity index (χ2v) is 11.4. The quantitative estimate of drug-likeness (QED) is 0.226. The van der Waals surface area contributed by atoms with Crippen LogP contribution in [0.25, 0.3) is 22.1 Å². The Kier molecular flexibility index (Phi) is 6.85. The lowest BCUT2D eigenvalue weighted by molar-refractivity contribution is -0.144. The van der Waals surface area contributed by atoms with E-state index in [9.17, 15) is 23.1 Å². The van der Waals surface area contributed by atoms with Crippen LogP contribution in [-0.4, -0.2) is 63.4 Å². The summed E-state index contributed by atoms with van der Waals surface area (Å²) in [5.41, 5.74) is 2.02. The number of anilines is 2. The molecule has 1 saturated carbocycles. The number of carbonyl (C=O) groups is 1. The van der Waals surface area contributed by atoms with Crippen LogP contribution in [0.5, 0.6) is 5.88 Å². The van der Waals surface area contributed by atoms with Gasteiger partial charge in [0.25, 0.3) is 0 Å². The van der Waals surface area contributed by atoms with Gasteiger partial charge in [-0.2, -0.15) is 13.2 Å². The Balaban J connectivity index is 1.25. The number of alkyl halides is 3. The van der Waals surface area contributed by atoms with E-state index < -0.39 is 24.0 Å². The fourth-order valence-electron chi connectivity index (χ4n) is 6.23. The maximum absolute atomic E-state index is 13.9. The Morgan fingerprint density at radius 3 is 2.76 bits per heavy atom. The minimum absolute atomic E-state index is 0.0196. The summed E-state index contributed by atoms with van der Waals surface area (Å²) in [7, 11) is 0. The smallest absolute Gasteiger partial charge is 0.451 e. The first-order valence-corrected chi connectivity index (χ1v) is 14.5. The van der Waals surface area contributed by atoms with Gasteiger partial charge in [0, 0.05) is 36.7 Å². The Hall–Kier alpha value is -4.83. The number of nitrogens with zero attached hydrogens (tertiary/aromatic N) is 5. The van der Waals surface area contributed by atoms with Crippen molar-refractivity contribution < 1.29 is 37.0 Å². The number of hydrogen-bond acceptors (Lipinski definition) is 9. The molecule has 232 valence electrons. The average molecular weight is 620 g/mol. The van der Waals surface area contributed by atoms with E-state index in [0.29, 0.717) is 41.1 Å². The van der Waals surface area contributed by atoms with Crippen LogP contribution >= 0.6 is 0 Å². The van der Waals surface area contributed by atoms with Crippen LogP contribution in [0.4, 0.5) is 24.7 Å². The number of morpholine rings is 1. The van der Waals surface area contributed by atoms with E-state index in [1.165, 1.54) is 11.2 Å². The highest BCUT2D eigenvalue weighted by Gasteiger charge is 2.53. The maximum atomic E-state index is 13.9. The third kappa shape index (κ3) is 5.08. The molecule has 4 aromatic rings. The van der Waals surface area contributed by atoms with Gasteiger partial charge < -0.3 is 28.8 Å². The maximum Gasteiger partial charge on any atom is 0.451 e. The number of benzene rings is 1. The summed E-state index contributed by atoms with van der Waals surface area (Å²) in [6.07, 6.45) is 0.0761. The van der Waals surface area contributed by atoms with E-state index in [0.717, 1.165) is 18.5 Å². The first-order valence-electron chi connectivity index (χ1n) is 14.5. The lowest BCUT2D eigenvalue weighted by atomic mass is 10.1. The molecule has 5 heterocycles. The fraction of sp³-hybridized carbons (Fsp3) is 0.375. The summed E-state index contributed by atoms with van der Waals surface area (Å²) in [5, 5.41) is 10.5. The summed E-state index contributed by atoms with van der Waals surface area (Å²) in [6.45, 7) is 4.96. The molecule has 7 rings (SSSR count). The molecule has 1 spiro atoms. The molecule has 3 aliphatic rings. The van der Waals surface area contributed by atoms with Crippen molar-refractivity contribution in [2.45, 2.75) is 57.0 Å². The van der Waals surface area contributed by atoms with E-state index >= 15 is 0 Å². The van der Waals surface area contributed by atoms with Gasteiger partial charge in [0.15, 0.2) is 11.4 Å². The largest absolute Gasteiger partial charge is 0.480 e. The van der Waals surface area contributed by atoms with Crippen molar-refractivity contribution in [2.75, 3.05) is 29.5 Å². The normalized spacial score (nSPS) is 21.8. The highest BCUT2D eigenvalue weighted by Crippen LogP contribution is 2.48. The van der Waals surface area contributed by atoms with Crippen molar-refractivity contribution in [3.63, 3.8) is 0 Å². The number of hydrogen-bond donors (Lipinski definition) is 1. The van der Waals surface area contributed by atoms with Crippen molar-refractivity contribution in [1.29, 1.82) is 0 Å². The molecule has 2 saturated heterocycles. The van der Waals surface area contributed by atoms with Crippen molar-refractivity contribution in [3.05, 3.63) is 59.8 Å². The summed E-state index contributed by atoms with van der Waals surface area (Å²) in [5.74, 6) is 3.36. The number of ether oxygens (including phenoxy) is 2. The van der Waals surface area contributed by atoms with Crippen molar-refractivity contribution in [3.8, 4) is 17.7 Å². The van der Waals surface area contributed by atoms with Gasteiger partial charge in [-0.05, 0) is 50.5 Å². The highest BCUT2D eigenvalue weighted by molar-refractivity contribution is 6.06. The van der Waals surface area contributed by atoms with E-state index in [1.54, 1.807) is 37.4 Å². The van der Waals surface area contributed by atoms with Crippen LogP contribution in [0.15, 0.2) is 52.8 Å². The number of furan rings is 1. The molecular weight excluding hydrogens is 591 g/mol. The number of carboxylic acids is 1. The zero-order valence-corrected chi connectivity index (χ0v) is 24.4. The molecule has 45 heavy (non-hydrogen) atoms. The number of fused-ring (bicyclic) bond motifs is 3. The zero-order valence-electron chi connectivity index (χ0n) is 24.4. The standard InChI is InChI=1S/C32H28F3N5O5/c1-3-6-19-13-22(39-11-12-44-31(9-10-31)18(39)2)28(36-15-19)43-17-20-14-23(29(41)42)40(16-20)27-26-25(37-30(38-27)32(33,34)35)21-7-4-5-8-24(21)45-26/h4-5,7-8,13,15,17-18,23H,9-12,14,16H2,1-2H3,(H,41,42)/t18-,23-/m0/s1. The number of halogens is 3. The second kappa shape index (κ2) is 10.7. The van der Waals surface area contributed by atoms with Gasteiger partial charge in [-0.25, -0.2) is 19.7 Å². The Morgan fingerprint density at radius 2 is 2.02 bits per heavy atom. The molecule has 0 unspecified atom stereocenters. The van der Waals surface area contributed by atoms with E-state index in [1.807, 2.05) is 6.07 Å². The van der Waals surface area contributed by atoms with Crippen molar-refractivity contribution in [2.24, 2.45) is 0 Å². The number of aliphatic carboxylic acids is 1. The average Bonchev–Trinajstić information content (AvgIpc) is 3.49. The SMILES string of the molecule is CC#Cc1cnc(OC=C2C[C@@H](C(=O)O)N(c3nc(C(F)(F)F)nc4c3oc3ccccc34)C2)c(N2CCOC3(CC3)[C@@H]2C)c1. The number of carboxylic acid groups (broad SMARTS) is 1. The molecule has 13 heteroatoms. The van der Waals surface area contributed by atoms with Gasteiger partial charge in [-0.15, -0.1) is 5.92 Å². The van der Waals surface area contributed by atoms with Crippen LogP contribution in [0.3, 0.4) is 0 Å². The van der Waals surface area contributed by atoms with Crippen LogP contribution in [0.1, 0.15) is 44.5 Å². The van der Waals surface area contributed by atoms with Gasteiger partial charge in [0.2, 0.25) is 11.7 Å².